The molecule has 2 unspecified atom stereocenters. The highest BCUT2D eigenvalue weighted by molar-refractivity contribution is 6.20. The maximum atomic E-state index is 12.0. The van der Waals surface area contributed by atoms with Crippen LogP contribution in [0.2, 0.25) is 0 Å². The Hall–Kier alpha value is -1.22. The minimum absolute atomic E-state index is 0.124. The summed E-state index contributed by atoms with van der Waals surface area (Å²) in [5.41, 5.74) is 1.16. The van der Waals surface area contributed by atoms with E-state index in [2.05, 4.69) is 5.32 Å². The topological polar surface area (TPSA) is 49.3 Å². The van der Waals surface area contributed by atoms with Gasteiger partial charge >= 0.3 is 0 Å². The molecule has 18 heavy (non-hydrogen) atoms. The molecular formula is C14H18ClNO2. The van der Waals surface area contributed by atoms with Gasteiger partial charge in [0.2, 0.25) is 0 Å². The minimum Gasteiger partial charge on any atom is -0.508 e. The number of amides is 1. The van der Waals surface area contributed by atoms with Crippen molar-refractivity contribution in [2.24, 2.45) is 5.92 Å². The van der Waals surface area contributed by atoms with E-state index in [0.717, 1.165) is 19.3 Å². The first-order valence-corrected chi connectivity index (χ1v) is 6.72. The molecule has 0 bridgehead atoms. The normalized spacial score (nSPS) is 23.0. The van der Waals surface area contributed by atoms with Crippen LogP contribution in [0, 0.1) is 12.8 Å². The van der Waals surface area contributed by atoms with Crippen LogP contribution in [0.1, 0.15) is 35.2 Å². The standard InChI is InChI=1S/C14H18ClNO2/c1-9-12(3-2-4-13(9)17)14(18)16-8-10-5-6-11(15)7-10/h2-4,10-11,17H,5-8H2,1H3,(H,16,18). The Morgan fingerprint density at radius 2 is 2.28 bits per heavy atom. The Balaban J connectivity index is 1.94. The molecule has 1 aliphatic carbocycles. The molecule has 0 heterocycles. The molecule has 2 N–H and O–H groups in total. The van der Waals surface area contributed by atoms with Crippen LogP contribution < -0.4 is 5.32 Å². The van der Waals surface area contributed by atoms with Gasteiger partial charge in [0.1, 0.15) is 5.75 Å². The molecule has 1 saturated carbocycles. The van der Waals surface area contributed by atoms with Crippen molar-refractivity contribution in [3.05, 3.63) is 29.3 Å². The van der Waals surface area contributed by atoms with E-state index >= 15 is 0 Å². The first kappa shape index (κ1) is 13.2. The first-order chi connectivity index (χ1) is 8.58. The SMILES string of the molecule is Cc1c(O)cccc1C(=O)NCC1CCC(Cl)C1. The van der Waals surface area contributed by atoms with Crippen LogP contribution in [-0.4, -0.2) is 22.9 Å². The molecule has 98 valence electrons. The molecule has 0 aromatic heterocycles. The minimum atomic E-state index is -0.124. The predicted molar refractivity (Wildman–Crippen MR) is 72.2 cm³/mol. The van der Waals surface area contributed by atoms with Gasteiger partial charge in [-0.3, -0.25) is 4.79 Å². The average Bonchev–Trinajstić information content (AvgIpc) is 2.76. The van der Waals surface area contributed by atoms with Crippen LogP contribution >= 0.6 is 11.6 Å². The lowest BCUT2D eigenvalue weighted by atomic mass is 10.1. The van der Waals surface area contributed by atoms with E-state index in [1.165, 1.54) is 0 Å². The number of alkyl halides is 1. The van der Waals surface area contributed by atoms with Crippen LogP contribution in [0.3, 0.4) is 0 Å². The van der Waals surface area contributed by atoms with Crippen LogP contribution in [0.25, 0.3) is 0 Å². The third-order valence-corrected chi connectivity index (χ3v) is 3.97. The molecule has 1 fully saturated rings. The van der Waals surface area contributed by atoms with Crippen molar-refractivity contribution in [3.8, 4) is 5.75 Å². The second kappa shape index (κ2) is 5.61. The lowest BCUT2D eigenvalue weighted by molar-refractivity contribution is 0.0946. The number of phenolic OH excluding ortho intramolecular Hbond substituents is 1. The Morgan fingerprint density at radius 3 is 2.94 bits per heavy atom. The molecule has 1 aliphatic rings. The lowest BCUT2D eigenvalue weighted by Crippen LogP contribution is -2.29. The number of hydrogen-bond acceptors (Lipinski definition) is 2. The van der Waals surface area contributed by atoms with Crippen LogP contribution in [0.5, 0.6) is 5.75 Å². The van der Waals surface area contributed by atoms with Gasteiger partial charge in [-0.2, -0.15) is 0 Å². The Labute approximate surface area is 112 Å². The van der Waals surface area contributed by atoms with E-state index in [1.807, 2.05) is 0 Å². The molecule has 1 aromatic rings. The van der Waals surface area contributed by atoms with E-state index in [-0.39, 0.29) is 17.0 Å². The van der Waals surface area contributed by atoms with Gasteiger partial charge in [0.15, 0.2) is 0 Å². The van der Waals surface area contributed by atoms with Gasteiger partial charge in [0.05, 0.1) is 0 Å². The zero-order chi connectivity index (χ0) is 13.1. The maximum absolute atomic E-state index is 12.0. The van der Waals surface area contributed by atoms with Crippen molar-refractivity contribution in [2.45, 2.75) is 31.6 Å². The van der Waals surface area contributed by atoms with Gasteiger partial charge in [0.25, 0.3) is 5.91 Å². The molecular weight excluding hydrogens is 250 g/mol. The fourth-order valence-electron chi connectivity index (χ4n) is 2.40. The molecule has 4 heteroatoms. The van der Waals surface area contributed by atoms with Crippen LogP contribution in [0.4, 0.5) is 0 Å². The molecule has 3 nitrogen and oxygen atoms in total. The monoisotopic (exact) mass is 267 g/mol. The first-order valence-electron chi connectivity index (χ1n) is 6.28. The van der Waals surface area contributed by atoms with Crippen molar-refractivity contribution in [3.63, 3.8) is 0 Å². The van der Waals surface area contributed by atoms with Gasteiger partial charge in [-0.25, -0.2) is 0 Å². The van der Waals surface area contributed by atoms with Crippen molar-refractivity contribution < 1.29 is 9.90 Å². The smallest absolute Gasteiger partial charge is 0.251 e. The summed E-state index contributed by atoms with van der Waals surface area (Å²) < 4.78 is 0. The summed E-state index contributed by atoms with van der Waals surface area (Å²) in [5.74, 6) is 0.514. The number of halogens is 1. The third kappa shape index (κ3) is 2.96. The van der Waals surface area contributed by atoms with E-state index in [4.69, 9.17) is 11.6 Å². The summed E-state index contributed by atoms with van der Waals surface area (Å²) in [5, 5.41) is 12.7. The summed E-state index contributed by atoms with van der Waals surface area (Å²) in [6.45, 7) is 2.41. The highest BCUT2D eigenvalue weighted by Crippen LogP contribution is 2.29. The largest absolute Gasteiger partial charge is 0.508 e. The number of carbonyl (C=O) groups is 1. The number of carbonyl (C=O) groups excluding carboxylic acids is 1. The quantitative estimate of drug-likeness (QED) is 0.828. The second-order valence-corrected chi connectivity index (χ2v) is 5.55. The fourth-order valence-corrected chi connectivity index (χ4v) is 2.78. The molecule has 0 aliphatic heterocycles. The van der Waals surface area contributed by atoms with Crippen molar-refractivity contribution in [1.82, 2.24) is 5.32 Å². The van der Waals surface area contributed by atoms with E-state index in [0.29, 0.717) is 23.6 Å². The molecule has 0 saturated heterocycles. The number of hydrogen-bond donors (Lipinski definition) is 2. The van der Waals surface area contributed by atoms with Crippen molar-refractivity contribution >= 4 is 17.5 Å². The fraction of sp³-hybridized carbons (Fsp3) is 0.500. The number of rotatable bonds is 3. The summed E-state index contributed by atoms with van der Waals surface area (Å²) >= 11 is 6.04. The van der Waals surface area contributed by atoms with E-state index < -0.39 is 0 Å². The molecule has 0 radical (unpaired) electrons. The zero-order valence-electron chi connectivity index (χ0n) is 10.4. The summed E-state index contributed by atoms with van der Waals surface area (Å²) in [6.07, 6.45) is 3.08. The molecule has 2 rings (SSSR count). The van der Waals surface area contributed by atoms with Gasteiger partial charge in [0, 0.05) is 23.0 Å². The molecule has 1 aromatic carbocycles. The predicted octanol–water partition coefficient (Wildman–Crippen LogP) is 2.84. The van der Waals surface area contributed by atoms with Gasteiger partial charge in [-0.1, -0.05) is 6.07 Å². The highest BCUT2D eigenvalue weighted by atomic mass is 35.5. The van der Waals surface area contributed by atoms with Crippen LogP contribution in [-0.2, 0) is 0 Å². The number of benzene rings is 1. The number of nitrogens with one attached hydrogen (secondary N) is 1. The van der Waals surface area contributed by atoms with E-state index in [1.54, 1.807) is 25.1 Å². The summed E-state index contributed by atoms with van der Waals surface area (Å²) in [4.78, 5) is 12.0. The zero-order valence-corrected chi connectivity index (χ0v) is 11.2. The molecule has 0 spiro atoms. The van der Waals surface area contributed by atoms with Crippen molar-refractivity contribution in [1.29, 1.82) is 0 Å². The molecule has 1 amide bonds. The third-order valence-electron chi connectivity index (χ3n) is 3.58. The number of phenols is 1. The Morgan fingerprint density at radius 1 is 1.50 bits per heavy atom. The summed E-state index contributed by atoms with van der Waals surface area (Å²) in [7, 11) is 0. The number of aromatic hydroxyl groups is 1. The highest BCUT2D eigenvalue weighted by Gasteiger charge is 2.23. The van der Waals surface area contributed by atoms with Crippen molar-refractivity contribution in [2.75, 3.05) is 6.54 Å². The van der Waals surface area contributed by atoms with Gasteiger partial charge in [-0.15, -0.1) is 11.6 Å². The Kier molecular flexibility index (Phi) is 4.12. The second-order valence-electron chi connectivity index (χ2n) is 4.94. The lowest BCUT2D eigenvalue weighted by Gasteiger charge is -2.12. The molecule has 2 atom stereocenters. The van der Waals surface area contributed by atoms with Gasteiger partial charge < -0.3 is 10.4 Å². The Bertz CT molecular complexity index is 447. The van der Waals surface area contributed by atoms with E-state index in [9.17, 15) is 9.90 Å². The summed E-state index contributed by atoms with van der Waals surface area (Å²) in [6, 6.07) is 4.99. The maximum Gasteiger partial charge on any atom is 0.251 e. The average molecular weight is 268 g/mol. The van der Waals surface area contributed by atoms with Gasteiger partial charge in [-0.05, 0) is 44.2 Å². The van der Waals surface area contributed by atoms with Crippen LogP contribution in [0.15, 0.2) is 18.2 Å².